The van der Waals surface area contributed by atoms with E-state index in [2.05, 4.69) is 17.6 Å². The third-order valence-electron chi connectivity index (χ3n) is 2.13. The molecule has 0 heterocycles. The van der Waals surface area contributed by atoms with Crippen molar-refractivity contribution in [3.63, 3.8) is 0 Å². The lowest BCUT2D eigenvalue weighted by molar-refractivity contribution is -0.142. The van der Waals surface area contributed by atoms with Crippen LogP contribution in [0.1, 0.15) is 33.6 Å². The number of hydrogen-bond donors (Lipinski definition) is 3. The lowest BCUT2D eigenvalue weighted by Gasteiger charge is -2.21. The molecule has 0 unspecified atom stereocenters. The molecule has 0 atom stereocenters. The van der Waals surface area contributed by atoms with Crippen molar-refractivity contribution in [3.8, 4) is 0 Å². The summed E-state index contributed by atoms with van der Waals surface area (Å²) in [6, 6.07) is -0.503. The number of amides is 2. The molecule has 0 aliphatic heterocycles. The number of urea groups is 1. The molecule has 0 aliphatic rings. The molecule has 0 aromatic heterocycles. The highest BCUT2D eigenvalue weighted by molar-refractivity contribution is 5.85. The van der Waals surface area contributed by atoms with Gasteiger partial charge >= 0.3 is 12.0 Å². The van der Waals surface area contributed by atoms with Crippen LogP contribution in [-0.4, -0.2) is 42.4 Å². The summed E-state index contributed by atoms with van der Waals surface area (Å²) in [5.41, 5.74) is -1.27. The van der Waals surface area contributed by atoms with Gasteiger partial charge in [0.25, 0.3) is 0 Å². The van der Waals surface area contributed by atoms with Crippen molar-refractivity contribution in [1.82, 2.24) is 10.6 Å². The minimum absolute atomic E-state index is 0.366. The van der Waals surface area contributed by atoms with Crippen LogP contribution in [0.25, 0.3) is 0 Å². The first kappa shape index (κ1) is 15.7. The normalized spacial score (nSPS) is 11.0. The first-order valence-corrected chi connectivity index (χ1v) is 5.77. The molecule has 100 valence electrons. The Balaban J connectivity index is 3.63. The van der Waals surface area contributed by atoms with Gasteiger partial charge in [-0.3, -0.25) is 0 Å². The van der Waals surface area contributed by atoms with Crippen LogP contribution < -0.4 is 10.6 Å². The summed E-state index contributed by atoms with van der Waals surface area (Å²) in [5, 5.41) is 13.7. The van der Waals surface area contributed by atoms with E-state index < -0.39 is 17.5 Å². The Morgan fingerprint density at radius 2 is 1.94 bits per heavy atom. The Morgan fingerprint density at radius 3 is 2.47 bits per heavy atom. The fourth-order valence-electron chi connectivity index (χ4n) is 0.967. The summed E-state index contributed by atoms with van der Waals surface area (Å²) >= 11 is 0. The molecule has 0 rings (SSSR count). The van der Waals surface area contributed by atoms with E-state index in [0.717, 1.165) is 12.8 Å². The maximum Gasteiger partial charge on any atom is 0.328 e. The smallest absolute Gasteiger partial charge is 0.328 e. The van der Waals surface area contributed by atoms with E-state index >= 15 is 0 Å². The van der Waals surface area contributed by atoms with Gasteiger partial charge in [0.05, 0.1) is 6.61 Å². The van der Waals surface area contributed by atoms with Gasteiger partial charge in [0.2, 0.25) is 0 Å². The van der Waals surface area contributed by atoms with Crippen molar-refractivity contribution in [2.75, 3.05) is 19.8 Å². The van der Waals surface area contributed by atoms with Gasteiger partial charge in [-0.2, -0.15) is 0 Å². The first-order valence-electron chi connectivity index (χ1n) is 5.77. The second-order valence-electron chi connectivity index (χ2n) is 4.28. The summed E-state index contributed by atoms with van der Waals surface area (Å²) < 4.78 is 5.24. The molecule has 3 N–H and O–H groups in total. The molecule has 0 aliphatic carbocycles. The maximum atomic E-state index is 11.3. The third-order valence-corrected chi connectivity index (χ3v) is 2.13. The van der Waals surface area contributed by atoms with Gasteiger partial charge in [-0.05, 0) is 20.3 Å². The molecule has 6 heteroatoms. The monoisotopic (exact) mass is 246 g/mol. The number of hydrogen-bond acceptors (Lipinski definition) is 3. The predicted octanol–water partition coefficient (Wildman–Crippen LogP) is 0.965. The fourth-order valence-corrected chi connectivity index (χ4v) is 0.967. The second kappa shape index (κ2) is 7.89. The quantitative estimate of drug-likeness (QED) is 0.557. The number of carbonyl (C=O) groups is 2. The zero-order valence-corrected chi connectivity index (χ0v) is 10.7. The average Bonchev–Trinajstić information content (AvgIpc) is 2.22. The van der Waals surface area contributed by atoms with E-state index in [9.17, 15) is 9.59 Å². The number of rotatable bonds is 8. The third kappa shape index (κ3) is 7.57. The van der Waals surface area contributed by atoms with Crippen LogP contribution in [0.15, 0.2) is 0 Å². The molecule has 0 fully saturated rings. The summed E-state index contributed by atoms with van der Waals surface area (Å²) in [6.07, 6.45) is 2.07. The van der Waals surface area contributed by atoms with Crippen LogP contribution in [0.2, 0.25) is 0 Å². The molecule has 6 nitrogen and oxygen atoms in total. The van der Waals surface area contributed by atoms with Crippen LogP contribution in [0.5, 0.6) is 0 Å². The Bertz CT molecular complexity index is 254. The summed E-state index contributed by atoms with van der Waals surface area (Å²) in [7, 11) is 0. The van der Waals surface area contributed by atoms with Gasteiger partial charge in [-0.25, -0.2) is 9.59 Å². The van der Waals surface area contributed by atoms with Gasteiger partial charge in [0, 0.05) is 13.2 Å². The standard InChI is InChI=1S/C11H22N2O4/c1-4-5-7-17-8-6-12-10(16)13-11(2,3)9(14)15/h4-8H2,1-3H3,(H,14,15)(H2,12,13,16). The minimum atomic E-state index is -1.27. The van der Waals surface area contributed by atoms with Gasteiger partial charge in [-0.15, -0.1) is 0 Å². The van der Waals surface area contributed by atoms with Gasteiger partial charge < -0.3 is 20.5 Å². The Morgan fingerprint density at radius 1 is 1.29 bits per heavy atom. The van der Waals surface area contributed by atoms with E-state index in [1.54, 1.807) is 0 Å². The lowest BCUT2D eigenvalue weighted by Crippen LogP contribution is -2.53. The van der Waals surface area contributed by atoms with Crippen molar-refractivity contribution in [2.45, 2.75) is 39.2 Å². The number of unbranched alkanes of at least 4 members (excludes halogenated alkanes) is 1. The summed E-state index contributed by atoms with van der Waals surface area (Å²) in [6.45, 7) is 6.40. The highest BCUT2D eigenvalue weighted by Crippen LogP contribution is 2.00. The van der Waals surface area contributed by atoms with E-state index in [1.165, 1.54) is 13.8 Å². The largest absolute Gasteiger partial charge is 0.480 e. The van der Waals surface area contributed by atoms with Crippen molar-refractivity contribution in [2.24, 2.45) is 0 Å². The first-order chi connectivity index (χ1) is 7.90. The number of nitrogens with one attached hydrogen (secondary N) is 2. The van der Waals surface area contributed by atoms with E-state index in [0.29, 0.717) is 19.8 Å². The number of ether oxygens (including phenoxy) is 1. The number of carbonyl (C=O) groups excluding carboxylic acids is 1. The molecule has 2 amide bonds. The van der Waals surface area contributed by atoms with Crippen molar-refractivity contribution in [1.29, 1.82) is 0 Å². The SMILES string of the molecule is CCCCOCCNC(=O)NC(C)(C)C(=O)O. The Kier molecular flexibility index (Phi) is 7.29. The lowest BCUT2D eigenvalue weighted by atomic mass is 10.1. The van der Waals surface area contributed by atoms with Crippen LogP contribution in [0, 0.1) is 0 Å². The van der Waals surface area contributed by atoms with Crippen molar-refractivity contribution in [3.05, 3.63) is 0 Å². The predicted molar refractivity (Wildman–Crippen MR) is 64.0 cm³/mol. The maximum absolute atomic E-state index is 11.3. The van der Waals surface area contributed by atoms with Crippen LogP contribution in [0.3, 0.4) is 0 Å². The highest BCUT2D eigenvalue weighted by Gasteiger charge is 2.28. The average molecular weight is 246 g/mol. The fraction of sp³-hybridized carbons (Fsp3) is 0.818. The molecular formula is C11H22N2O4. The minimum Gasteiger partial charge on any atom is -0.480 e. The van der Waals surface area contributed by atoms with Gasteiger partial charge in [0.1, 0.15) is 5.54 Å². The van der Waals surface area contributed by atoms with E-state index in [1.807, 2.05) is 0 Å². The molecule has 0 aromatic carbocycles. The summed E-state index contributed by atoms with van der Waals surface area (Å²) in [4.78, 5) is 22.0. The summed E-state index contributed by atoms with van der Waals surface area (Å²) in [5.74, 6) is -1.08. The highest BCUT2D eigenvalue weighted by atomic mass is 16.5. The Hall–Kier alpha value is -1.30. The van der Waals surface area contributed by atoms with Crippen molar-refractivity contribution < 1.29 is 19.4 Å². The zero-order valence-electron chi connectivity index (χ0n) is 10.7. The van der Waals surface area contributed by atoms with Gasteiger partial charge in [0.15, 0.2) is 0 Å². The molecule has 0 saturated heterocycles. The molecule has 0 spiro atoms. The van der Waals surface area contributed by atoms with Crippen LogP contribution >= 0.6 is 0 Å². The molecular weight excluding hydrogens is 224 g/mol. The van der Waals surface area contributed by atoms with Gasteiger partial charge in [-0.1, -0.05) is 13.3 Å². The molecule has 0 bridgehead atoms. The molecule has 0 saturated carbocycles. The zero-order chi connectivity index (χ0) is 13.3. The molecule has 0 radical (unpaired) electrons. The van der Waals surface area contributed by atoms with Crippen LogP contribution in [0.4, 0.5) is 4.79 Å². The number of carboxylic acid groups (broad SMARTS) is 1. The topological polar surface area (TPSA) is 87.7 Å². The Labute approximate surface area is 102 Å². The molecule has 0 aromatic rings. The van der Waals surface area contributed by atoms with Crippen molar-refractivity contribution >= 4 is 12.0 Å². The number of aliphatic carboxylic acids is 1. The number of carboxylic acids is 1. The van der Waals surface area contributed by atoms with E-state index in [4.69, 9.17) is 9.84 Å². The molecule has 17 heavy (non-hydrogen) atoms. The van der Waals surface area contributed by atoms with E-state index in [-0.39, 0.29) is 0 Å². The second-order valence-corrected chi connectivity index (χ2v) is 4.28. The van der Waals surface area contributed by atoms with Crippen LogP contribution in [-0.2, 0) is 9.53 Å².